The molecule has 1 aromatic rings. The number of anilines is 1. The molecule has 0 aromatic heterocycles. The van der Waals surface area contributed by atoms with Crippen LogP contribution in [0.15, 0.2) is 22.7 Å². The van der Waals surface area contributed by atoms with Crippen LogP contribution >= 0.6 is 15.9 Å². The van der Waals surface area contributed by atoms with E-state index < -0.39 is 0 Å². The molecule has 1 fully saturated rings. The topological polar surface area (TPSA) is 72.3 Å². The van der Waals surface area contributed by atoms with E-state index in [1.807, 2.05) is 6.92 Å². The molecule has 2 rings (SSSR count). The molecule has 1 amide bonds. The van der Waals surface area contributed by atoms with E-state index in [9.17, 15) is 4.79 Å². The van der Waals surface area contributed by atoms with Gasteiger partial charge in [-0.3, -0.25) is 4.79 Å². The van der Waals surface area contributed by atoms with Crippen LogP contribution in [0, 0.1) is 5.92 Å². The van der Waals surface area contributed by atoms with Crippen molar-refractivity contribution in [1.29, 1.82) is 0 Å². The van der Waals surface area contributed by atoms with Gasteiger partial charge in [-0.05, 0) is 49.4 Å². The number of hydrogen-bond donors (Lipinski definition) is 2. The molecule has 1 heterocycles. The third kappa shape index (κ3) is 3.73. The van der Waals surface area contributed by atoms with Crippen LogP contribution in [0.3, 0.4) is 0 Å². The molecule has 1 saturated heterocycles. The van der Waals surface area contributed by atoms with Gasteiger partial charge in [-0.25, -0.2) is 0 Å². The van der Waals surface area contributed by atoms with Crippen LogP contribution in [0.5, 0.6) is 0 Å². The largest absolute Gasteiger partial charge is 0.371 e. The molecule has 4 nitrogen and oxygen atoms in total. The average molecular weight is 340 g/mol. The smallest absolute Gasteiger partial charge is 0.217 e. The standard InChI is InChI=1S/C15H22BrN3O/c1-10(17)13-9-12(16)2-3-14(13)19-6-4-11(5-7-19)8-15(18)20/h2-3,9-11H,4-8,17H2,1H3,(H2,18,20). The first kappa shape index (κ1) is 15.3. The summed E-state index contributed by atoms with van der Waals surface area (Å²) in [5.41, 5.74) is 13.7. The Bertz CT molecular complexity index is 482. The lowest BCUT2D eigenvalue weighted by molar-refractivity contribution is -0.119. The third-order valence-electron chi connectivity index (χ3n) is 3.93. The van der Waals surface area contributed by atoms with E-state index in [-0.39, 0.29) is 11.9 Å². The number of hydrogen-bond acceptors (Lipinski definition) is 3. The van der Waals surface area contributed by atoms with Gasteiger partial charge in [0, 0.05) is 35.7 Å². The quantitative estimate of drug-likeness (QED) is 0.885. The van der Waals surface area contributed by atoms with Gasteiger partial charge >= 0.3 is 0 Å². The zero-order chi connectivity index (χ0) is 14.7. The van der Waals surface area contributed by atoms with Crippen LogP contribution in [0.4, 0.5) is 5.69 Å². The monoisotopic (exact) mass is 339 g/mol. The van der Waals surface area contributed by atoms with E-state index in [1.54, 1.807) is 0 Å². The van der Waals surface area contributed by atoms with Crippen LogP contribution in [-0.2, 0) is 4.79 Å². The fourth-order valence-corrected chi connectivity index (χ4v) is 3.22. The summed E-state index contributed by atoms with van der Waals surface area (Å²) in [6.45, 7) is 3.92. The number of carbonyl (C=O) groups is 1. The van der Waals surface area contributed by atoms with Crippen LogP contribution in [0.2, 0.25) is 0 Å². The summed E-state index contributed by atoms with van der Waals surface area (Å²) in [6, 6.07) is 6.27. The van der Waals surface area contributed by atoms with Gasteiger partial charge in [-0.1, -0.05) is 15.9 Å². The van der Waals surface area contributed by atoms with Crippen LogP contribution in [0.1, 0.15) is 37.8 Å². The molecule has 1 atom stereocenters. The number of piperidine rings is 1. The molecule has 0 radical (unpaired) electrons. The Morgan fingerprint density at radius 3 is 2.65 bits per heavy atom. The number of rotatable bonds is 4. The zero-order valence-corrected chi connectivity index (χ0v) is 13.4. The van der Waals surface area contributed by atoms with Crippen molar-refractivity contribution in [3.05, 3.63) is 28.2 Å². The van der Waals surface area contributed by atoms with Gasteiger partial charge < -0.3 is 16.4 Å². The molecule has 1 aliphatic heterocycles. The van der Waals surface area contributed by atoms with Gasteiger partial charge in [0.25, 0.3) is 0 Å². The average Bonchev–Trinajstić information content (AvgIpc) is 2.39. The molecular weight excluding hydrogens is 318 g/mol. The van der Waals surface area contributed by atoms with Crippen molar-refractivity contribution >= 4 is 27.5 Å². The molecular formula is C15H22BrN3O. The number of amides is 1. The molecule has 1 aromatic carbocycles. The van der Waals surface area contributed by atoms with Gasteiger partial charge in [0.2, 0.25) is 5.91 Å². The number of nitrogens with two attached hydrogens (primary N) is 2. The normalized spacial score (nSPS) is 18.1. The number of nitrogens with zero attached hydrogens (tertiary/aromatic N) is 1. The van der Waals surface area contributed by atoms with Gasteiger partial charge in [-0.15, -0.1) is 0 Å². The highest BCUT2D eigenvalue weighted by atomic mass is 79.9. The van der Waals surface area contributed by atoms with Crippen molar-refractivity contribution in [2.45, 2.75) is 32.2 Å². The lowest BCUT2D eigenvalue weighted by Gasteiger charge is -2.35. The Kier molecular flexibility index (Phi) is 5.05. The number of halogens is 1. The molecule has 5 heteroatoms. The highest BCUT2D eigenvalue weighted by Crippen LogP contribution is 2.32. The SMILES string of the molecule is CC(N)c1cc(Br)ccc1N1CCC(CC(N)=O)CC1. The zero-order valence-electron chi connectivity index (χ0n) is 11.8. The number of primary amides is 1. The maximum atomic E-state index is 11.0. The summed E-state index contributed by atoms with van der Waals surface area (Å²) in [5.74, 6) is 0.237. The van der Waals surface area contributed by atoms with Crippen LogP contribution in [-0.4, -0.2) is 19.0 Å². The third-order valence-corrected chi connectivity index (χ3v) is 4.42. The van der Waals surface area contributed by atoms with Crippen molar-refractivity contribution in [3.63, 3.8) is 0 Å². The van der Waals surface area contributed by atoms with Crippen molar-refractivity contribution < 1.29 is 4.79 Å². The van der Waals surface area contributed by atoms with Crippen molar-refractivity contribution in [3.8, 4) is 0 Å². The second kappa shape index (κ2) is 6.59. The lowest BCUT2D eigenvalue weighted by atomic mass is 9.92. The lowest BCUT2D eigenvalue weighted by Crippen LogP contribution is -2.36. The predicted molar refractivity (Wildman–Crippen MR) is 85.5 cm³/mol. The number of carbonyl (C=O) groups excluding carboxylic acids is 1. The molecule has 0 saturated carbocycles. The first-order valence-corrected chi connectivity index (χ1v) is 7.85. The Morgan fingerprint density at radius 2 is 2.10 bits per heavy atom. The van der Waals surface area contributed by atoms with Crippen molar-refractivity contribution in [2.75, 3.05) is 18.0 Å². The Hall–Kier alpha value is -1.07. The Balaban J connectivity index is 2.09. The van der Waals surface area contributed by atoms with Gasteiger partial charge in [0.15, 0.2) is 0 Å². The molecule has 20 heavy (non-hydrogen) atoms. The molecule has 0 bridgehead atoms. The predicted octanol–water partition coefficient (Wildman–Crippen LogP) is 2.56. The van der Waals surface area contributed by atoms with E-state index in [0.29, 0.717) is 12.3 Å². The Morgan fingerprint density at radius 1 is 1.45 bits per heavy atom. The number of benzene rings is 1. The van der Waals surface area contributed by atoms with E-state index in [0.717, 1.165) is 36.0 Å². The molecule has 4 N–H and O–H groups in total. The van der Waals surface area contributed by atoms with Gasteiger partial charge in [0.1, 0.15) is 0 Å². The second-order valence-electron chi connectivity index (χ2n) is 5.59. The van der Waals surface area contributed by atoms with Gasteiger partial charge in [-0.2, -0.15) is 0 Å². The summed E-state index contributed by atoms with van der Waals surface area (Å²) in [7, 11) is 0. The minimum atomic E-state index is -0.191. The van der Waals surface area contributed by atoms with E-state index in [1.165, 1.54) is 5.69 Å². The molecule has 0 aliphatic carbocycles. The molecule has 0 spiro atoms. The van der Waals surface area contributed by atoms with E-state index >= 15 is 0 Å². The second-order valence-corrected chi connectivity index (χ2v) is 6.51. The van der Waals surface area contributed by atoms with Crippen LogP contribution < -0.4 is 16.4 Å². The minimum Gasteiger partial charge on any atom is -0.371 e. The summed E-state index contributed by atoms with van der Waals surface area (Å²) < 4.78 is 1.05. The van der Waals surface area contributed by atoms with Crippen LogP contribution in [0.25, 0.3) is 0 Å². The maximum Gasteiger partial charge on any atom is 0.217 e. The molecule has 110 valence electrons. The fraction of sp³-hybridized carbons (Fsp3) is 0.533. The summed E-state index contributed by atoms with van der Waals surface area (Å²) in [4.78, 5) is 13.4. The van der Waals surface area contributed by atoms with E-state index in [2.05, 4.69) is 39.0 Å². The van der Waals surface area contributed by atoms with Gasteiger partial charge in [0.05, 0.1) is 0 Å². The van der Waals surface area contributed by atoms with Crippen molar-refractivity contribution in [2.24, 2.45) is 17.4 Å². The van der Waals surface area contributed by atoms with Crippen molar-refractivity contribution in [1.82, 2.24) is 0 Å². The summed E-state index contributed by atoms with van der Waals surface area (Å²) in [6.07, 6.45) is 2.53. The first-order valence-electron chi connectivity index (χ1n) is 7.05. The summed E-state index contributed by atoms with van der Waals surface area (Å²) in [5, 5.41) is 0. The highest BCUT2D eigenvalue weighted by Gasteiger charge is 2.22. The molecule has 1 aliphatic rings. The molecule has 1 unspecified atom stereocenters. The summed E-state index contributed by atoms with van der Waals surface area (Å²) >= 11 is 3.50. The fourth-order valence-electron chi connectivity index (χ4n) is 2.84. The highest BCUT2D eigenvalue weighted by molar-refractivity contribution is 9.10. The Labute approximate surface area is 128 Å². The first-order chi connectivity index (χ1) is 9.47. The van der Waals surface area contributed by atoms with E-state index in [4.69, 9.17) is 11.5 Å². The maximum absolute atomic E-state index is 11.0. The minimum absolute atomic E-state index is 0.00541.